The molecule has 1 radical (unpaired) electrons. The van der Waals surface area contributed by atoms with Gasteiger partial charge in [0.05, 0.1) is 11.9 Å². The quantitative estimate of drug-likeness (QED) is 0.625. The highest BCUT2D eigenvalue weighted by molar-refractivity contribution is 5.05. The van der Waals surface area contributed by atoms with E-state index in [9.17, 15) is 0 Å². The summed E-state index contributed by atoms with van der Waals surface area (Å²) < 4.78 is 0. The molecule has 0 aromatic carbocycles. The average Bonchev–Trinajstić information content (AvgIpc) is 2.59. The molecule has 0 spiro atoms. The molecular weight excluding hydrogens is 124 g/mol. The maximum absolute atomic E-state index is 4.12. The van der Waals surface area contributed by atoms with Crippen LogP contribution in [0, 0.1) is 6.20 Å². The summed E-state index contributed by atoms with van der Waals surface area (Å²) in [5.74, 6) is 0.725. The normalized spacial score (nSPS) is 20.0. The summed E-state index contributed by atoms with van der Waals surface area (Å²) in [4.78, 5) is 0. The van der Waals surface area contributed by atoms with E-state index in [0.29, 0.717) is 0 Å². The molecule has 10 heavy (non-hydrogen) atoms. The Balaban J connectivity index is 2.12. The number of nitrogens with zero attached hydrogens (tertiary/aromatic N) is 1. The second kappa shape index (κ2) is 2.45. The van der Waals surface area contributed by atoms with E-state index in [0.717, 1.165) is 5.92 Å². The van der Waals surface area contributed by atoms with Crippen LogP contribution in [0.1, 0.15) is 37.3 Å². The van der Waals surface area contributed by atoms with Gasteiger partial charge in [-0.2, -0.15) is 5.10 Å². The average molecular weight is 135 g/mol. The van der Waals surface area contributed by atoms with Crippen LogP contribution in [0.5, 0.6) is 0 Å². The molecule has 2 nitrogen and oxygen atoms in total. The molecule has 0 bridgehead atoms. The predicted molar refractivity (Wildman–Crippen MR) is 38.6 cm³/mol. The first-order chi connectivity index (χ1) is 4.97. The SMILES string of the molecule is [c]1cc(C2CCCC2)n[nH]1. The zero-order chi connectivity index (χ0) is 6.81. The molecule has 0 aliphatic heterocycles. The molecule has 1 heterocycles. The standard InChI is InChI=1S/C8H11N2/c1-2-4-7(3-1)8-5-6-9-10-8/h5,7H,1-4H2,(H,9,10). The van der Waals surface area contributed by atoms with Crippen LogP contribution in [0.25, 0.3) is 0 Å². The molecule has 1 aliphatic carbocycles. The summed E-state index contributed by atoms with van der Waals surface area (Å²) in [5, 5.41) is 6.85. The molecule has 1 fully saturated rings. The van der Waals surface area contributed by atoms with Gasteiger partial charge in [0.1, 0.15) is 0 Å². The van der Waals surface area contributed by atoms with Crippen LogP contribution in [0.4, 0.5) is 0 Å². The van der Waals surface area contributed by atoms with Gasteiger partial charge in [-0.25, -0.2) is 0 Å². The Morgan fingerprint density at radius 2 is 2.30 bits per heavy atom. The molecule has 0 atom stereocenters. The molecule has 1 saturated carbocycles. The maximum atomic E-state index is 4.12. The van der Waals surface area contributed by atoms with Crippen molar-refractivity contribution in [2.45, 2.75) is 31.6 Å². The van der Waals surface area contributed by atoms with Crippen molar-refractivity contribution < 1.29 is 0 Å². The number of rotatable bonds is 1. The number of hydrogen-bond acceptors (Lipinski definition) is 1. The van der Waals surface area contributed by atoms with E-state index in [1.165, 1.54) is 31.4 Å². The van der Waals surface area contributed by atoms with Crippen LogP contribution in [0.15, 0.2) is 6.07 Å². The molecule has 0 amide bonds. The fourth-order valence-electron chi connectivity index (χ4n) is 1.67. The molecule has 2 rings (SSSR count). The summed E-state index contributed by atoms with van der Waals surface area (Å²) in [6.45, 7) is 0. The summed E-state index contributed by atoms with van der Waals surface area (Å²) in [6.07, 6.45) is 8.25. The van der Waals surface area contributed by atoms with Gasteiger partial charge in [0.25, 0.3) is 0 Å². The van der Waals surface area contributed by atoms with E-state index >= 15 is 0 Å². The van der Waals surface area contributed by atoms with Gasteiger partial charge >= 0.3 is 0 Å². The van der Waals surface area contributed by atoms with Crippen LogP contribution in [0.3, 0.4) is 0 Å². The van der Waals surface area contributed by atoms with E-state index in [1.54, 1.807) is 0 Å². The summed E-state index contributed by atoms with van der Waals surface area (Å²) in [6, 6.07) is 1.97. The Morgan fingerprint density at radius 3 is 2.90 bits per heavy atom. The lowest BCUT2D eigenvalue weighted by Crippen LogP contribution is -1.91. The smallest absolute Gasteiger partial charge is 0.0831 e. The molecular formula is C8H11N2. The second-order valence-electron chi connectivity index (χ2n) is 2.92. The van der Waals surface area contributed by atoms with Gasteiger partial charge < -0.3 is 0 Å². The summed E-state index contributed by atoms with van der Waals surface area (Å²) in [5.41, 5.74) is 1.21. The lowest BCUT2D eigenvalue weighted by atomic mass is 10.1. The van der Waals surface area contributed by atoms with Crippen LogP contribution >= 0.6 is 0 Å². The topological polar surface area (TPSA) is 28.7 Å². The lowest BCUT2D eigenvalue weighted by molar-refractivity contribution is 0.693. The van der Waals surface area contributed by atoms with Gasteiger partial charge in [-0.15, -0.1) is 0 Å². The number of H-pyrrole nitrogens is 1. The maximum Gasteiger partial charge on any atom is 0.0831 e. The first kappa shape index (κ1) is 5.96. The minimum atomic E-state index is 0.725. The van der Waals surface area contributed by atoms with Crippen LogP contribution in [0.2, 0.25) is 0 Å². The largest absolute Gasteiger partial charge is 0.276 e. The number of aromatic amines is 1. The van der Waals surface area contributed by atoms with Crippen molar-refractivity contribution in [2.75, 3.05) is 0 Å². The minimum absolute atomic E-state index is 0.725. The Bertz CT molecular complexity index is 185. The fraction of sp³-hybridized carbons (Fsp3) is 0.625. The number of nitrogens with one attached hydrogen (secondary N) is 1. The van der Waals surface area contributed by atoms with Crippen LogP contribution < -0.4 is 0 Å². The highest BCUT2D eigenvalue weighted by Crippen LogP contribution is 2.32. The van der Waals surface area contributed by atoms with Crippen molar-refractivity contribution in [3.63, 3.8) is 0 Å². The van der Waals surface area contributed by atoms with Gasteiger partial charge in [0.2, 0.25) is 0 Å². The Hall–Kier alpha value is -0.790. The molecule has 1 aliphatic rings. The molecule has 1 aromatic rings. The molecule has 0 unspecified atom stereocenters. The van der Waals surface area contributed by atoms with E-state index in [4.69, 9.17) is 0 Å². The van der Waals surface area contributed by atoms with Gasteiger partial charge in [-0.3, -0.25) is 5.10 Å². The van der Waals surface area contributed by atoms with Crippen molar-refractivity contribution in [1.82, 2.24) is 10.2 Å². The van der Waals surface area contributed by atoms with Crippen LogP contribution in [-0.2, 0) is 0 Å². The number of aromatic nitrogens is 2. The molecule has 1 aromatic heterocycles. The van der Waals surface area contributed by atoms with Crippen molar-refractivity contribution in [1.29, 1.82) is 0 Å². The molecule has 2 heteroatoms. The monoisotopic (exact) mass is 135 g/mol. The summed E-state index contributed by atoms with van der Waals surface area (Å²) in [7, 11) is 0. The Labute approximate surface area is 60.6 Å². The highest BCUT2D eigenvalue weighted by atomic mass is 15.1. The van der Waals surface area contributed by atoms with Gasteiger partial charge in [-0.1, -0.05) is 12.8 Å². The van der Waals surface area contributed by atoms with Crippen molar-refractivity contribution in [3.8, 4) is 0 Å². The van der Waals surface area contributed by atoms with Gasteiger partial charge in [0.15, 0.2) is 0 Å². The second-order valence-corrected chi connectivity index (χ2v) is 2.92. The summed E-state index contributed by atoms with van der Waals surface area (Å²) >= 11 is 0. The molecule has 1 N–H and O–H groups in total. The lowest BCUT2D eigenvalue weighted by Gasteiger charge is -2.01. The highest BCUT2D eigenvalue weighted by Gasteiger charge is 2.17. The van der Waals surface area contributed by atoms with E-state index in [-0.39, 0.29) is 0 Å². The Morgan fingerprint density at radius 1 is 1.50 bits per heavy atom. The van der Waals surface area contributed by atoms with Crippen molar-refractivity contribution >= 4 is 0 Å². The van der Waals surface area contributed by atoms with Crippen molar-refractivity contribution in [3.05, 3.63) is 18.0 Å². The fourth-order valence-corrected chi connectivity index (χ4v) is 1.67. The minimum Gasteiger partial charge on any atom is -0.276 e. The van der Waals surface area contributed by atoms with E-state index in [1.807, 2.05) is 6.07 Å². The third-order valence-electron chi connectivity index (χ3n) is 2.24. The third-order valence-corrected chi connectivity index (χ3v) is 2.24. The Kier molecular flexibility index (Phi) is 1.46. The van der Waals surface area contributed by atoms with E-state index in [2.05, 4.69) is 16.4 Å². The first-order valence-electron chi connectivity index (χ1n) is 3.88. The molecule has 0 saturated heterocycles. The van der Waals surface area contributed by atoms with Gasteiger partial charge in [-0.05, 0) is 18.9 Å². The first-order valence-corrected chi connectivity index (χ1v) is 3.88. The third kappa shape index (κ3) is 0.939. The van der Waals surface area contributed by atoms with Gasteiger partial charge in [0, 0.05) is 5.92 Å². The van der Waals surface area contributed by atoms with E-state index < -0.39 is 0 Å². The van der Waals surface area contributed by atoms with Crippen molar-refractivity contribution in [2.24, 2.45) is 0 Å². The van der Waals surface area contributed by atoms with Crippen LogP contribution in [-0.4, -0.2) is 10.2 Å². The number of hydrogen-bond donors (Lipinski definition) is 1. The predicted octanol–water partition coefficient (Wildman–Crippen LogP) is 1.87. The molecule has 53 valence electrons. The zero-order valence-electron chi connectivity index (χ0n) is 5.93. The zero-order valence-corrected chi connectivity index (χ0v) is 5.93.